The lowest BCUT2D eigenvalue weighted by atomic mass is 9.79. The molecule has 98 valence electrons. The first kappa shape index (κ1) is 12.2. The van der Waals surface area contributed by atoms with Gasteiger partial charge < -0.3 is 9.64 Å². The van der Waals surface area contributed by atoms with Gasteiger partial charge in [0, 0.05) is 31.3 Å². The highest BCUT2D eigenvalue weighted by Crippen LogP contribution is 2.38. The van der Waals surface area contributed by atoms with E-state index in [-0.39, 0.29) is 0 Å². The molecule has 4 nitrogen and oxygen atoms in total. The molecule has 2 aliphatic rings. The van der Waals surface area contributed by atoms with E-state index in [4.69, 9.17) is 4.74 Å². The van der Waals surface area contributed by atoms with E-state index in [9.17, 15) is 0 Å². The normalized spacial score (nSPS) is 27.9. The zero-order chi connectivity index (χ0) is 12.4. The Bertz CT molecular complexity index is 420. The van der Waals surface area contributed by atoms with Gasteiger partial charge in [-0.25, -0.2) is 9.97 Å². The van der Waals surface area contributed by atoms with Crippen LogP contribution in [0.3, 0.4) is 0 Å². The van der Waals surface area contributed by atoms with Crippen LogP contribution in [0.25, 0.3) is 0 Å². The van der Waals surface area contributed by atoms with Crippen molar-refractivity contribution in [2.24, 2.45) is 5.41 Å². The third-order valence-corrected chi connectivity index (χ3v) is 4.53. The molecule has 0 amide bonds. The summed E-state index contributed by atoms with van der Waals surface area (Å²) in [5.74, 6) is 1.07. The van der Waals surface area contributed by atoms with Crippen molar-refractivity contribution in [2.45, 2.75) is 24.4 Å². The smallest absolute Gasteiger partial charge is 0.189 e. The first-order chi connectivity index (χ1) is 8.81. The van der Waals surface area contributed by atoms with Crippen LogP contribution in [-0.2, 0) is 4.74 Å². The standard InChI is InChI=1S/C13H19N3OS/c1-18-12-14-6-3-11(15-12)16-7-2-4-13(9-16)5-8-17-10-13/h3,6H,2,4-5,7-10H2,1H3. The Kier molecular flexibility index (Phi) is 3.43. The molecule has 2 saturated heterocycles. The van der Waals surface area contributed by atoms with Gasteiger partial charge in [-0.05, 0) is 31.6 Å². The number of ether oxygens (including phenoxy) is 1. The zero-order valence-electron chi connectivity index (χ0n) is 10.8. The molecule has 3 rings (SSSR count). The quantitative estimate of drug-likeness (QED) is 0.605. The van der Waals surface area contributed by atoms with Gasteiger partial charge in [0.15, 0.2) is 5.16 Å². The molecule has 0 bridgehead atoms. The van der Waals surface area contributed by atoms with Crippen LogP contribution in [0.4, 0.5) is 5.82 Å². The largest absolute Gasteiger partial charge is 0.381 e. The fourth-order valence-electron chi connectivity index (χ4n) is 2.98. The summed E-state index contributed by atoms with van der Waals surface area (Å²) < 4.78 is 5.60. The molecule has 0 aliphatic carbocycles. The van der Waals surface area contributed by atoms with Crippen LogP contribution < -0.4 is 4.90 Å². The van der Waals surface area contributed by atoms with Crippen molar-refractivity contribution in [2.75, 3.05) is 37.5 Å². The SMILES string of the molecule is CSc1nccc(N2CCCC3(CCOC3)C2)n1. The predicted octanol–water partition coefficient (Wildman–Crippen LogP) is 2.21. The number of nitrogens with zero attached hydrogens (tertiary/aromatic N) is 3. The fourth-order valence-corrected chi connectivity index (χ4v) is 3.33. The van der Waals surface area contributed by atoms with E-state index in [1.54, 1.807) is 11.8 Å². The van der Waals surface area contributed by atoms with Crippen LogP contribution >= 0.6 is 11.8 Å². The fraction of sp³-hybridized carbons (Fsp3) is 0.692. The summed E-state index contributed by atoms with van der Waals surface area (Å²) in [5.41, 5.74) is 0.378. The van der Waals surface area contributed by atoms with Gasteiger partial charge in [0.2, 0.25) is 0 Å². The Morgan fingerprint density at radius 3 is 3.17 bits per heavy atom. The topological polar surface area (TPSA) is 38.2 Å². The van der Waals surface area contributed by atoms with E-state index in [2.05, 4.69) is 14.9 Å². The molecule has 2 fully saturated rings. The van der Waals surface area contributed by atoms with Crippen molar-refractivity contribution < 1.29 is 4.74 Å². The summed E-state index contributed by atoms with van der Waals surface area (Å²) in [7, 11) is 0. The first-order valence-corrected chi connectivity index (χ1v) is 7.74. The number of rotatable bonds is 2. The molecule has 2 aliphatic heterocycles. The van der Waals surface area contributed by atoms with Crippen LogP contribution in [0.15, 0.2) is 17.4 Å². The summed E-state index contributed by atoms with van der Waals surface area (Å²) in [6.45, 7) is 4.03. The lowest BCUT2D eigenvalue weighted by molar-refractivity contribution is 0.139. The van der Waals surface area contributed by atoms with E-state index in [0.29, 0.717) is 5.41 Å². The van der Waals surface area contributed by atoms with Crippen LogP contribution in [-0.4, -0.2) is 42.5 Å². The van der Waals surface area contributed by atoms with Gasteiger partial charge in [-0.1, -0.05) is 11.8 Å². The Morgan fingerprint density at radius 1 is 1.44 bits per heavy atom. The number of hydrogen-bond acceptors (Lipinski definition) is 5. The minimum atomic E-state index is 0.378. The van der Waals surface area contributed by atoms with Crippen LogP contribution in [0.1, 0.15) is 19.3 Å². The molecular formula is C13H19N3OS. The molecular weight excluding hydrogens is 246 g/mol. The number of piperidine rings is 1. The molecule has 18 heavy (non-hydrogen) atoms. The summed E-state index contributed by atoms with van der Waals surface area (Å²) in [6.07, 6.45) is 7.61. The maximum Gasteiger partial charge on any atom is 0.189 e. The molecule has 1 spiro atoms. The van der Waals surface area contributed by atoms with Crippen molar-refractivity contribution >= 4 is 17.6 Å². The maximum absolute atomic E-state index is 5.60. The Labute approximate surface area is 112 Å². The molecule has 0 radical (unpaired) electrons. The summed E-state index contributed by atoms with van der Waals surface area (Å²) in [5, 5.41) is 0.856. The average Bonchev–Trinajstić information content (AvgIpc) is 2.87. The average molecular weight is 265 g/mol. The third kappa shape index (κ3) is 2.34. The molecule has 1 atom stereocenters. The minimum Gasteiger partial charge on any atom is -0.381 e. The number of aromatic nitrogens is 2. The van der Waals surface area contributed by atoms with Crippen molar-refractivity contribution in [3.05, 3.63) is 12.3 Å². The third-order valence-electron chi connectivity index (χ3n) is 3.97. The van der Waals surface area contributed by atoms with Crippen LogP contribution in [0.2, 0.25) is 0 Å². The second-order valence-electron chi connectivity index (χ2n) is 5.23. The van der Waals surface area contributed by atoms with E-state index in [0.717, 1.165) is 37.3 Å². The summed E-state index contributed by atoms with van der Waals surface area (Å²) in [6, 6.07) is 2.02. The molecule has 5 heteroatoms. The molecule has 0 aromatic carbocycles. The zero-order valence-corrected chi connectivity index (χ0v) is 11.6. The Balaban J connectivity index is 1.78. The molecule has 1 aromatic rings. The van der Waals surface area contributed by atoms with Crippen molar-refractivity contribution in [3.8, 4) is 0 Å². The lowest BCUT2D eigenvalue weighted by Crippen LogP contribution is -2.44. The first-order valence-electron chi connectivity index (χ1n) is 6.51. The Hall–Kier alpha value is -0.810. The van der Waals surface area contributed by atoms with Gasteiger partial charge in [0.1, 0.15) is 5.82 Å². The van der Waals surface area contributed by atoms with Gasteiger partial charge in [-0.2, -0.15) is 0 Å². The highest BCUT2D eigenvalue weighted by molar-refractivity contribution is 7.98. The van der Waals surface area contributed by atoms with Crippen molar-refractivity contribution in [1.29, 1.82) is 0 Å². The highest BCUT2D eigenvalue weighted by Gasteiger charge is 2.39. The summed E-state index contributed by atoms with van der Waals surface area (Å²) in [4.78, 5) is 11.3. The lowest BCUT2D eigenvalue weighted by Gasteiger charge is -2.40. The van der Waals surface area contributed by atoms with Crippen molar-refractivity contribution in [1.82, 2.24) is 9.97 Å². The molecule has 1 unspecified atom stereocenters. The number of thioether (sulfide) groups is 1. The van der Waals surface area contributed by atoms with Crippen LogP contribution in [0.5, 0.6) is 0 Å². The van der Waals surface area contributed by atoms with Gasteiger partial charge in [0.25, 0.3) is 0 Å². The number of hydrogen-bond donors (Lipinski definition) is 0. The summed E-state index contributed by atoms with van der Waals surface area (Å²) >= 11 is 1.60. The van der Waals surface area contributed by atoms with E-state index in [1.165, 1.54) is 19.3 Å². The van der Waals surface area contributed by atoms with Gasteiger partial charge in [0.05, 0.1) is 6.61 Å². The van der Waals surface area contributed by atoms with E-state index < -0.39 is 0 Å². The van der Waals surface area contributed by atoms with Gasteiger partial charge >= 0.3 is 0 Å². The second kappa shape index (κ2) is 5.05. The minimum absolute atomic E-state index is 0.378. The van der Waals surface area contributed by atoms with Crippen molar-refractivity contribution in [3.63, 3.8) is 0 Å². The molecule has 0 saturated carbocycles. The number of anilines is 1. The van der Waals surface area contributed by atoms with E-state index >= 15 is 0 Å². The van der Waals surface area contributed by atoms with Crippen LogP contribution in [0, 0.1) is 5.41 Å². The second-order valence-corrected chi connectivity index (χ2v) is 6.00. The Morgan fingerprint density at radius 2 is 2.39 bits per heavy atom. The molecule has 3 heterocycles. The molecule has 0 N–H and O–H groups in total. The predicted molar refractivity (Wildman–Crippen MR) is 73.1 cm³/mol. The van der Waals surface area contributed by atoms with E-state index in [1.807, 2.05) is 18.5 Å². The monoisotopic (exact) mass is 265 g/mol. The van der Waals surface area contributed by atoms with Gasteiger partial charge in [-0.3, -0.25) is 0 Å². The maximum atomic E-state index is 5.60. The highest BCUT2D eigenvalue weighted by atomic mass is 32.2. The molecule has 1 aromatic heterocycles. The van der Waals surface area contributed by atoms with Gasteiger partial charge in [-0.15, -0.1) is 0 Å².